The van der Waals surface area contributed by atoms with E-state index in [4.69, 9.17) is 0 Å². The Kier molecular flexibility index (Phi) is 7.09. The van der Waals surface area contributed by atoms with Crippen molar-refractivity contribution in [3.8, 4) is 0 Å². The summed E-state index contributed by atoms with van der Waals surface area (Å²) in [5.41, 5.74) is 2.89. The third kappa shape index (κ3) is 5.35. The summed E-state index contributed by atoms with van der Waals surface area (Å²) in [6, 6.07) is 34.1. The van der Waals surface area contributed by atoms with Crippen molar-refractivity contribution in [3.05, 3.63) is 132 Å². The average molecular weight is 471 g/mol. The van der Waals surface area contributed by atoms with E-state index in [0.29, 0.717) is 11.3 Å². The number of benzene rings is 4. The number of para-hydroxylation sites is 1. The summed E-state index contributed by atoms with van der Waals surface area (Å²) in [4.78, 5) is 12.9. The first-order valence-corrected chi connectivity index (χ1v) is 12.5. The van der Waals surface area contributed by atoms with Crippen LogP contribution in [0.25, 0.3) is 0 Å². The predicted octanol–water partition coefficient (Wildman–Crippen LogP) is 5.57. The minimum atomic E-state index is -3.77. The molecule has 0 bridgehead atoms. The molecule has 0 fully saturated rings. The maximum Gasteiger partial charge on any atom is 0.264 e. The molecule has 0 heterocycles. The van der Waals surface area contributed by atoms with Crippen LogP contribution in [0.1, 0.15) is 34.5 Å². The van der Waals surface area contributed by atoms with Crippen LogP contribution in [0.4, 0.5) is 5.69 Å². The topological polar surface area (TPSA) is 66.5 Å². The first-order chi connectivity index (χ1) is 16.4. The molecule has 0 saturated heterocycles. The number of rotatable bonds is 8. The van der Waals surface area contributed by atoms with E-state index in [1.54, 1.807) is 66.7 Å². The first-order valence-electron chi connectivity index (χ1n) is 11.0. The molecule has 5 nitrogen and oxygen atoms in total. The molecule has 4 aromatic carbocycles. The van der Waals surface area contributed by atoms with Gasteiger partial charge in [0.2, 0.25) is 0 Å². The number of carbonyl (C=O) groups is 1. The van der Waals surface area contributed by atoms with Crippen LogP contribution >= 0.6 is 0 Å². The molecule has 34 heavy (non-hydrogen) atoms. The zero-order valence-electron chi connectivity index (χ0n) is 18.8. The smallest absolute Gasteiger partial charge is 0.264 e. The fraction of sp³-hybridized carbons (Fsp3) is 0.107. The molecule has 1 N–H and O–H groups in total. The number of hydrogen-bond donors (Lipinski definition) is 1. The Hall–Kier alpha value is -3.90. The van der Waals surface area contributed by atoms with Crippen LogP contribution < -0.4 is 9.62 Å². The van der Waals surface area contributed by atoms with Gasteiger partial charge in [-0.15, -0.1) is 0 Å². The molecular formula is C28H26N2O3S. The highest BCUT2D eigenvalue weighted by atomic mass is 32.2. The molecule has 1 atom stereocenters. The molecule has 172 valence electrons. The van der Waals surface area contributed by atoms with Crippen LogP contribution in [0.3, 0.4) is 0 Å². The van der Waals surface area contributed by atoms with Crippen molar-refractivity contribution in [2.75, 3.05) is 4.31 Å². The van der Waals surface area contributed by atoms with Crippen LogP contribution in [0, 0.1) is 0 Å². The Morgan fingerprint density at radius 1 is 0.765 bits per heavy atom. The molecule has 1 amide bonds. The molecule has 0 saturated carbocycles. The molecule has 0 unspecified atom stereocenters. The minimum absolute atomic E-state index is 0.127. The third-order valence-corrected chi connectivity index (χ3v) is 7.35. The van der Waals surface area contributed by atoms with Gasteiger partial charge in [-0.25, -0.2) is 8.42 Å². The Balaban J connectivity index is 1.54. The highest BCUT2D eigenvalue weighted by Crippen LogP contribution is 2.26. The SMILES string of the molecule is C[C@H](NC(=O)c1ccc(CN(c2ccccc2)S(=O)(=O)c2ccccc2)cc1)c1ccccc1. The molecule has 0 aliphatic rings. The zero-order chi connectivity index (χ0) is 24.0. The average Bonchev–Trinajstić information content (AvgIpc) is 2.89. The third-order valence-electron chi connectivity index (χ3n) is 5.56. The Morgan fingerprint density at radius 2 is 1.29 bits per heavy atom. The molecule has 0 radical (unpaired) electrons. The number of amides is 1. The summed E-state index contributed by atoms with van der Waals surface area (Å²) >= 11 is 0. The van der Waals surface area contributed by atoms with Crippen LogP contribution in [0.15, 0.2) is 120 Å². The summed E-state index contributed by atoms with van der Waals surface area (Å²) in [5, 5.41) is 3.00. The molecule has 6 heteroatoms. The predicted molar refractivity (Wildman–Crippen MR) is 135 cm³/mol. The van der Waals surface area contributed by atoms with Crippen molar-refractivity contribution >= 4 is 21.6 Å². The van der Waals surface area contributed by atoms with E-state index in [-0.39, 0.29) is 23.4 Å². The molecule has 0 aromatic heterocycles. The van der Waals surface area contributed by atoms with Gasteiger partial charge in [0.25, 0.3) is 15.9 Å². The summed E-state index contributed by atoms with van der Waals surface area (Å²) in [7, 11) is -3.77. The molecular weight excluding hydrogens is 444 g/mol. The first kappa shape index (κ1) is 23.3. The van der Waals surface area contributed by atoms with Crippen molar-refractivity contribution in [1.82, 2.24) is 5.32 Å². The summed E-state index contributed by atoms with van der Waals surface area (Å²) in [5.74, 6) is -0.181. The second kappa shape index (κ2) is 10.4. The van der Waals surface area contributed by atoms with E-state index < -0.39 is 10.0 Å². The standard InChI is InChI=1S/C28H26N2O3S/c1-22(24-11-5-2-6-12-24)29-28(31)25-19-17-23(18-20-25)21-30(26-13-7-3-8-14-26)34(32,33)27-15-9-4-10-16-27/h2-20,22H,21H2,1H3,(H,29,31)/t22-/m0/s1. The Morgan fingerprint density at radius 3 is 1.88 bits per heavy atom. The van der Waals surface area contributed by atoms with Gasteiger partial charge in [0.05, 0.1) is 23.2 Å². The van der Waals surface area contributed by atoms with Crippen molar-refractivity contribution in [3.63, 3.8) is 0 Å². The van der Waals surface area contributed by atoms with E-state index in [1.807, 2.05) is 55.5 Å². The second-order valence-electron chi connectivity index (χ2n) is 7.96. The summed E-state index contributed by atoms with van der Waals surface area (Å²) in [6.07, 6.45) is 0. The van der Waals surface area contributed by atoms with Gasteiger partial charge >= 0.3 is 0 Å². The number of nitrogens with one attached hydrogen (secondary N) is 1. The highest BCUT2D eigenvalue weighted by Gasteiger charge is 2.25. The largest absolute Gasteiger partial charge is 0.346 e. The van der Waals surface area contributed by atoms with Crippen LogP contribution in [-0.4, -0.2) is 14.3 Å². The Bertz CT molecular complexity index is 1330. The van der Waals surface area contributed by atoms with E-state index >= 15 is 0 Å². The molecule has 4 aromatic rings. The van der Waals surface area contributed by atoms with E-state index in [0.717, 1.165) is 11.1 Å². The quantitative estimate of drug-likeness (QED) is 0.366. The maximum atomic E-state index is 13.4. The van der Waals surface area contributed by atoms with Crippen LogP contribution in [-0.2, 0) is 16.6 Å². The van der Waals surface area contributed by atoms with Gasteiger partial charge in [0, 0.05) is 5.56 Å². The van der Waals surface area contributed by atoms with E-state index in [2.05, 4.69) is 5.32 Å². The van der Waals surface area contributed by atoms with Gasteiger partial charge in [0.1, 0.15) is 0 Å². The lowest BCUT2D eigenvalue weighted by atomic mass is 10.1. The number of sulfonamides is 1. The summed E-state index contributed by atoms with van der Waals surface area (Å²) < 4.78 is 28.2. The summed E-state index contributed by atoms with van der Waals surface area (Å²) in [6.45, 7) is 2.08. The highest BCUT2D eigenvalue weighted by molar-refractivity contribution is 7.92. The number of carbonyl (C=O) groups excluding carboxylic acids is 1. The fourth-order valence-corrected chi connectivity index (χ4v) is 5.14. The number of hydrogen-bond acceptors (Lipinski definition) is 3. The molecule has 0 spiro atoms. The number of anilines is 1. The lowest BCUT2D eigenvalue weighted by Gasteiger charge is -2.25. The maximum absolute atomic E-state index is 13.4. The van der Waals surface area contributed by atoms with Gasteiger partial charge in [-0.1, -0.05) is 78.9 Å². The zero-order valence-corrected chi connectivity index (χ0v) is 19.7. The van der Waals surface area contributed by atoms with Gasteiger partial charge < -0.3 is 5.32 Å². The number of nitrogens with zero attached hydrogens (tertiary/aromatic N) is 1. The lowest BCUT2D eigenvalue weighted by molar-refractivity contribution is 0.0940. The lowest BCUT2D eigenvalue weighted by Crippen LogP contribution is -2.30. The van der Waals surface area contributed by atoms with Crippen LogP contribution in [0.5, 0.6) is 0 Å². The molecule has 4 rings (SSSR count). The molecule has 0 aliphatic heterocycles. The van der Waals surface area contributed by atoms with Crippen molar-refractivity contribution in [2.45, 2.75) is 24.4 Å². The molecule has 0 aliphatic carbocycles. The fourth-order valence-electron chi connectivity index (χ4n) is 3.66. The van der Waals surface area contributed by atoms with E-state index in [1.165, 1.54) is 4.31 Å². The van der Waals surface area contributed by atoms with Gasteiger partial charge in [-0.2, -0.15) is 0 Å². The van der Waals surface area contributed by atoms with Crippen molar-refractivity contribution < 1.29 is 13.2 Å². The van der Waals surface area contributed by atoms with Gasteiger partial charge in [0.15, 0.2) is 0 Å². The van der Waals surface area contributed by atoms with Crippen LogP contribution in [0.2, 0.25) is 0 Å². The minimum Gasteiger partial charge on any atom is -0.346 e. The van der Waals surface area contributed by atoms with Crippen molar-refractivity contribution in [2.24, 2.45) is 0 Å². The van der Waals surface area contributed by atoms with E-state index in [9.17, 15) is 13.2 Å². The monoisotopic (exact) mass is 470 g/mol. The van der Waals surface area contributed by atoms with Gasteiger partial charge in [-0.3, -0.25) is 9.10 Å². The van der Waals surface area contributed by atoms with Crippen molar-refractivity contribution in [1.29, 1.82) is 0 Å². The second-order valence-corrected chi connectivity index (χ2v) is 9.83. The van der Waals surface area contributed by atoms with Gasteiger partial charge in [-0.05, 0) is 54.4 Å². The Labute approximate surface area is 200 Å². The normalized spacial score (nSPS) is 12.0.